The van der Waals surface area contributed by atoms with E-state index in [9.17, 15) is 17.6 Å². The average molecular weight is 441 g/mol. The molecule has 1 amide bonds. The normalized spacial score (nSPS) is 12.4. The van der Waals surface area contributed by atoms with Crippen LogP contribution in [0.1, 0.15) is 12.0 Å². The van der Waals surface area contributed by atoms with Crippen LogP contribution in [0.15, 0.2) is 53.4 Å². The molecular weight excluding hydrogens is 415 g/mol. The predicted molar refractivity (Wildman–Crippen MR) is 113 cm³/mol. The van der Waals surface area contributed by atoms with Crippen molar-refractivity contribution in [2.24, 2.45) is 0 Å². The Morgan fingerprint density at radius 2 is 1.86 bits per heavy atom. The van der Waals surface area contributed by atoms with Gasteiger partial charge in [-0.25, -0.2) is 12.8 Å². The van der Waals surface area contributed by atoms with Gasteiger partial charge >= 0.3 is 0 Å². The summed E-state index contributed by atoms with van der Waals surface area (Å²) in [6, 6.07) is 11.6. The third kappa shape index (κ3) is 7.02. The SMILES string of the molecule is CSCCC(NS(=O)(=O)c1ccccc1F)C(=O)NCCOc1ccccc1C. The largest absolute Gasteiger partial charge is 0.491 e. The molecule has 2 N–H and O–H groups in total. The highest BCUT2D eigenvalue weighted by molar-refractivity contribution is 7.98. The lowest BCUT2D eigenvalue weighted by molar-refractivity contribution is -0.122. The van der Waals surface area contributed by atoms with Crippen molar-refractivity contribution in [2.75, 3.05) is 25.2 Å². The molecule has 2 rings (SSSR count). The predicted octanol–water partition coefficient (Wildman–Crippen LogP) is 2.73. The second kappa shape index (κ2) is 11.2. The summed E-state index contributed by atoms with van der Waals surface area (Å²) >= 11 is 1.49. The van der Waals surface area contributed by atoms with Crippen molar-refractivity contribution in [3.8, 4) is 5.75 Å². The summed E-state index contributed by atoms with van der Waals surface area (Å²) in [6.45, 7) is 2.38. The van der Waals surface area contributed by atoms with Gasteiger partial charge in [0.1, 0.15) is 29.1 Å². The van der Waals surface area contributed by atoms with Gasteiger partial charge in [-0.1, -0.05) is 30.3 Å². The number of nitrogens with one attached hydrogen (secondary N) is 2. The number of aryl methyl sites for hydroxylation is 1. The zero-order chi connectivity index (χ0) is 21.3. The second-order valence-corrected chi connectivity index (χ2v) is 8.96. The first-order valence-corrected chi connectivity index (χ1v) is 11.9. The Morgan fingerprint density at radius 1 is 1.17 bits per heavy atom. The average Bonchev–Trinajstić information content (AvgIpc) is 2.69. The van der Waals surface area contributed by atoms with E-state index < -0.39 is 32.7 Å². The van der Waals surface area contributed by atoms with Gasteiger partial charge in [0.05, 0.1) is 6.54 Å². The molecule has 0 aliphatic carbocycles. The summed E-state index contributed by atoms with van der Waals surface area (Å²) in [5.41, 5.74) is 0.981. The number of rotatable bonds is 11. The Kier molecular flexibility index (Phi) is 8.94. The van der Waals surface area contributed by atoms with Crippen molar-refractivity contribution in [1.29, 1.82) is 0 Å². The Morgan fingerprint density at radius 3 is 2.55 bits per heavy atom. The third-order valence-corrected chi connectivity index (χ3v) is 6.25. The first-order valence-electron chi connectivity index (χ1n) is 9.07. The van der Waals surface area contributed by atoms with Gasteiger partial charge in [-0.2, -0.15) is 16.5 Å². The molecule has 0 radical (unpaired) electrons. The highest BCUT2D eigenvalue weighted by atomic mass is 32.2. The smallest absolute Gasteiger partial charge is 0.244 e. The van der Waals surface area contributed by atoms with Crippen molar-refractivity contribution in [2.45, 2.75) is 24.3 Å². The molecule has 0 saturated carbocycles. The number of halogens is 1. The lowest BCUT2D eigenvalue weighted by Crippen LogP contribution is -2.47. The molecule has 9 heteroatoms. The van der Waals surface area contributed by atoms with Gasteiger partial charge in [-0.15, -0.1) is 0 Å². The number of sulfonamides is 1. The van der Waals surface area contributed by atoms with Crippen LogP contribution in [0.5, 0.6) is 5.75 Å². The summed E-state index contributed by atoms with van der Waals surface area (Å²) < 4.78 is 46.9. The van der Waals surface area contributed by atoms with Crippen LogP contribution in [-0.4, -0.2) is 45.5 Å². The zero-order valence-electron chi connectivity index (χ0n) is 16.4. The number of benzene rings is 2. The van der Waals surface area contributed by atoms with Crippen LogP contribution < -0.4 is 14.8 Å². The fourth-order valence-electron chi connectivity index (χ4n) is 2.57. The lowest BCUT2D eigenvalue weighted by atomic mass is 10.2. The molecule has 0 spiro atoms. The monoisotopic (exact) mass is 440 g/mol. The molecule has 29 heavy (non-hydrogen) atoms. The van der Waals surface area contributed by atoms with E-state index in [4.69, 9.17) is 4.74 Å². The van der Waals surface area contributed by atoms with E-state index in [0.717, 1.165) is 23.4 Å². The molecule has 1 unspecified atom stereocenters. The van der Waals surface area contributed by atoms with Crippen LogP contribution in [0.3, 0.4) is 0 Å². The number of ether oxygens (including phenoxy) is 1. The standard InChI is InChI=1S/C20H25FN2O4S2/c1-15-7-3-5-9-18(15)27-13-12-22-20(24)17(11-14-28-2)23-29(25,26)19-10-6-4-8-16(19)21/h3-10,17,23H,11-14H2,1-2H3,(H,22,24). The van der Waals surface area contributed by atoms with E-state index in [2.05, 4.69) is 10.0 Å². The molecule has 2 aromatic carbocycles. The van der Waals surface area contributed by atoms with Crippen LogP contribution in [0.25, 0.3) is 0 Å². The van der Waals surface area contributed by atoms with E-state index in [1.54, 1.807) is 0 Å². The van der Waals surface area contributed by atoms with Crippen molar-refractivity contribution in [1.82, 2.24) is 10.0 Å². The number of hydrogen-bond donors (Lipinski definition) is 2. The van der Waals surface area contributed by atoms with E-state index in [1.807, 2.05) is 37.4 Å². The molecule has 0 bridgehead atoms. The van der Waals surface area contributed by atoms with Crippen LogP contribution in [0.4, 0.5) is 4.39 Å². The van der Waals surface area contributed by atoms with Crippen molar-refractivity contribution >= 4 is 27.7 Å². The molecule has 1 atom stereocenters. The summed E-state index contributed by atoms with van der Waals surface area (Å²) in [5, 5.41) is 2.68. The minimum absolute atomic E-state index is 0.213. The van der Waals surface area contributed by atoms with Gasteiger partial charge < -0.3 is 10.1 Å². The van der Waals surface area contributed by atoms with Gasteiger partial charge in [0.25, 0.3) is 0 Å². The molecule has 158 valence electrons. The quantitative estimate of drug-likeness (QED) is 0.525. The molecular formula is C20H25FN2O4S2. The third-order valence-electron chi connectivity index (χ3n) is 4.10. The molecule has 0 aliphatic heterocycles. The number of amides is 1. The van der Waals surface area contributed by atoms with Gasteiger partial charge in [0.15, 0.2) is 0 Å². The van der Waals surface area contributed by atoms with E-state index in [-0.39, 0.29) is 19.6 Å². The highest BCUT2D eigenvalue weighted by Gasteiger charge is 2.27. The van der Waals surface area contributed by atoms with Crippen molar-refractivity contribution < 1.29 is 22.3 Å². The topological polar surface area (TPSA) is 84.5 Å². The van der Waals surface area contributed by atoms with Crippen molar-refractivity contribution in [3.63, 3.8) is 0 Å². The summed E-state index contributed by atoms with van der Waals surface area (Å²) in [6.07, 6.45) is 2.13. The number of thioether (sulfide) groups is 1. The Hall–Kier alpha value is -2.10. The zero-order valence-corrected chi connectivity index (χ0v) is 18.0. The summed E-state index contributed by atoms with van der Waals surface area (Å²) in [5.74, 6) is -0.0543. The maximum absolute atomic E-state index is 13.9. The maximum Gasteiger partial charge on any atom is 0.244 e. The number of carbonyl (C=O) groups is 1. The summed E-state index contributed by atoms with van der Waals surface area (Å²) in [4.78, 5) is 12.0. The molecule has 0 saturated heterocycles. The Bertz CT molecular complexity index is 922. The first kappa shape index (κ1) is 23.2. The summed E-state index contributed by atoms with van der Waals surface area (Å²) in [7, 11) is -4.17. The maximum atomic E-state index is 13.9. The van der Waals surface area contributed by atoms with Gasteiger partial charge in [0, 0.05) is 0 Å². The number of para-hydroxylation sites is 1. The molecule has 0 aromatic heterocycles. The molecule has 0 fully saturated rings. The number of carbonyl (C=O) groups excluding carboxylic acids is 1. The Balaban J connectivity index is 1.97. The fourth-order valence-corrected chi connectivity index (χ4v) is 4.35. The van der Waals surface area contributed by atoms with Crippen LogP contribution in [0.2, 0.25) is 0 Å². The van der Waals surface area contributed by atoms with Crippen LogP contribution in [-0.2, 0) is 14.8 Å². The Labute approximate surface area is 175 Å². The van der Waals surface area contributed by atoms with Crippen LogP contribution >= 0.6 is 11.8 Å². The second-order valence-electron chi connectivity index (χ2n) is 6.29. The first-order chi connectivity index (χ1) is 13.8. The van der Waals surface area contributed by atoms with E-state index in [0.29, 0.717) is 5.75 Å². The van der Waals surface area contributed by atoms with Gasteiger partial charge in [0.2, 0.25) is 15.9 Å². The van der Waals surface area contributed by atoms with E-state index >= 15 is 0 Å². The molecule has 0 aliphatic rings. The highest BCUT2D eigenvalue weighted by Crippen LogP contribution is 2.16. The number of hydrogen-bond acceptors (Lipinski definition) is 5. The lowest BCUT2D eigenvalue weighted by Gasteiger charge is -2.18. The minimum atomic E-state index is -4.17. The fraction of sp³-hybridized carbons (Fsp3) is 0.350. The van der Waals surface area contributed by atoms with Crippen LogP contribution in [0, 0.1) is 12.7 Å². The molecule has 0 heterocycles. The molecule has 6 nitrogen and oxygen atoms in total. The minimum Gasteiger partial charge on any atom is -0.491 e. The van der Waals surface area contributed by atoms with Crippen molar-refractivity contribution in [3.05, 3.63) is 59.9 Å². The van der Waals surface area contributed by atoms with E-state index in [1.165, 1.54) is 23.9 Å². The molecule has 2 aromatic rings. The van der Waals surface area contributed by atoms with Gasteiger partial charge in [-0.3, -0.25) is 4.79 Å². The van der Waals surface area contributed by atoms with Gasteiger partial charge in [-0.05, 0) is 49.1 Å².